The fraction of sp³-hybridized carbons (Fsp3) is 0.526. The summed E-state index contributed by atoms with van der Waals surface area (Å²) < 4.78 is 1.87. The molecule has 0 radical (unpaired) electrons. The average Bonchev–Trinajstić information content (AvgIpc) is 3.30. The average molecular weight is 341 g/mol. The summed E-state index contributed by atoms with van der Waals surface area (Å²) in [6, 6.07) is 10.2. The summed E-state index contributed by atoms with van der Waals surface area (Å²) in [6.07, 6.45) is 5.50. The molecule has 2 aromatic rings. The van der Waals surface area contributed by atoms with Crippen molar-refractivity contribution in [2.45, 2.75) is 45.3 Å². The highest BCUT2D eigenvalue weighted by Crippen LogP contribution is 2.31. The Labute approximate surface area is 149 Å². The molecule has 1 saturated heterocycles. The number of rotatable bonds is 7. The molecule has 3 rings (SSSR count). The SMILES string of the molecule is CCN(CC)C(=O)[C@H](c1ccccc1)N1CCC[C@@H]1Cn1cncn1. The summed E-state index contributed by atoms with van der Waals surface area (Å²) in [6.45, 7) is 7.27. The molecule has 134 valence electrons. The Kier molecular flexibility index (Phi) is 5.81. The van der Waals surface area contributed by atoms with E-state index in [0.29, 0.717) is 6.04 Å². The number of benzene rings is 1. The topological polar surface area (TPSA) is 54.3 Å². The number of hydrogen-bond donors (Lipinski definition) is 0. The fourth-order valence-corrected chi connectivity index (χ4v) is 3.76. The number of aromatic nitrogens is 3. The van der Waals surface area contributed by atoms with Gasteiger partial charge in [-0.05, 0) is 38.8 Å². The van der Waals surface area contributed by atoms with E-state index in [1.54, 1.807) is 12.7 Å². The molecule has 1 aliphatic rings. The number of likely N-dealkylation sites (N-methyl/N-ethyl adjacent to an activating group) is 1. The molecular formula is C19H27N5O. The highest BCUT2D eigenvalue weighted by atomic mass is 16.2. The zero-order valence-electron chi connectivity index (χ0n) is 15.1. The maximum Gasteiger partial charge on any atom is 0.244 e. The minimum Gasteiger partial charge on any atom is -0.342 e. The van der Waals surface area contributed by atoms with E-state index < -0.39 is 0 Å². The van der Waals surface area contributed by atoms with Crippen LogP contribution < -0.4 is 0 Å². The molecule has 6 nitrogen and oxygen atoms in total. The van der Waals surface area contributed by atoms with Crippen LogP contribution in [0.5, 0.6) is 0 Å². The van der Waals surface area contributed by atoms with Gasteiger partial charge in [0.15, 0.2) is 0 Å². The summed E-state index contributed by atoms with van der Waals surface area (Å²) in [5, 5.41) is 4.24. The van der Waals surface area contributed by atoms with Gasteiger partial charge in [0.1, 0.15) is 18.7 Å². The highest BCUT2D eigenvalue weighted by molar-refractivity contribution is 5.83. The van der Waals surface area contributed by atoms with Crippen molar-refractivity contribution >= 4 is 5.91 Å². The molecule has 1 aromatic carbocycles. The van der Waals surface area contributed by atoms with Gasteiger partial charge in [-0.15, -0.1) is 0 Å². The third-order valence-corrected chi connectivity index (χ3v) is 5.04. The number of amides is 1. The number of carbonyl (C=O) groups excluding carboxylic acids is 1. The van der Waals surface area contributed by atoms with E-state index in [1.165, 1.54) is 0 Å². The minimum absolute atomic E-state index is 0.196. The standard InChI is InChI=1S/C19H27N5O/c1-3-22(4-2)19(25)18(16-9-6-5-7-10-16)24-12-8-11-17(24)13-23-15-20-14-21-23/h5-7,9-10,14-15,17-18H,3-4,8,11-13H2,1-2H3/t17-,18+/m1/s1. The smallest absolute Gasteiger partial charge is 0.244 e. The van der Waals surface area contributed by atoms with Crippen LogP contribution in [0.4, 0.5) is 0 Å². The van der Waals surface area contributed by atoms with Crippen LogP contribution in [0.25, 0.3) is 0 Å². The van der Waals surface area contributed by atoms with E-state index >= 15 is 0 Å². The van der Waals surface area contributed by atoms with E-state index in [2.05, 4.69) is 27.1 Å². The summed E-state index contributed by atoms with van der Waals surface area (Å²) in [5.41, 5.74) is 1.07. The van der Waals surface area contributed by atoms with Crippen LogP contribution in [0, 0.1) is 0 Å². The first-order chi connectivity index (χ1) is 12.2. The molecule has 0 spiro atoms. The van der Waals surface area contributed by atoms with E-state index in [1.807, 2.05) is 41.6 Å². The monoisotopic (exact) mass is 341 g/mol. The van der Waals surface area contributed by atoms with Crippen LogP contribution in [-0.4, -0.2) is 56.1 Å². The molecule has 25 heavy (non-hydrogen) atoms. The first kappa shape index (κ1) is 17.6. The molecule has 0 unspecified atom stereocenters. The van der Waals surface area contributed by atoms with Crippen LogP contribution in [0.3, 0.4) is 0 Å². The van der Waals surface area contributed by atoms with Crippen molar-refractivity contribution < 1.29 is 4.79 Å². The quantitative estimate of drug-likeness (QED) is 0.776. The zero-order valence-corrected chi connectivity index (χ0v) is 15.1. The first-order valence-electron chi connectivity index (χ1n) is 9.16. The van der Waals surface area contributed by atoms with Gasteiger partial charge in [-0.1, -0.05) is 30.3 Å². The molecule has 0 bridgehead atoms. The van der Waals surface area contributed by atoms with Crippen LogP contribution in [-0.2, 0) is 11.3 Å². The molecule has 2 atom stereocenters. The normalized spacial score (nSPS) is 19.0. The Bertz CT molecular complexity index is 654. The lowest BCUT2D eigenvalue weighted by molar-refractivity contribution is -0.137. The molecule has 2 heterocycles. The van der Waals surface area contributed by atoms with Crippen molar-refractivity contribution in [3.05, 3.63) is 48.5 Å². The second kappa shape index (κ2) is 8.25. The van der Waals surface area contributed by atoms with Gasteiger partial charge in [0.2, 0.25) is 5.91 Å². The lowest BCUT2D eigenvalue weighted by Gasteiger charge is -2.35. The predicted octanol–water partition coefficient (Wildman–Crippen LogP) is 2.35. The molecular weight excluding hydrogens is 314 g/mol. The Hall–Kier alpha value is -2.21. The lowest BCUT2D eigenvalue weighted by atomic mass is 10.0. The van der Waals surface area contributed by atoms with Crippen molar-refractivity contribution in [2.24, 2.45) is 0 Å². The van der Waals surface area contributed by atoms with Gasteiger partial charge >= 0.3 is 0 Å². The van der Waals surface area contributed by atoms with E-state index in [0.717, 1.165) is 44.6 Å². The second-order valence-corrected chi connectivity index (χ2v) is 6.48. The largest absolute Gasteiger partial charge is 0.342 e. The maximum absolute atomic E-state index is 13.3. The van der Waals surface area contributed by atoms with Gasteiger partial charge in [-0.2, -0.15) is 5.10 Å². The van der Waals surface area contributed by atoms with E-state index in [4.69, 9.17) is 0 Å². The lowest BCUT2D eigenvalue weighted by Crippen LogP contribution is -2.46. The van der Waals surface area contributed by atoms with Crippen molar-refractivity contribution in [2.75, 3.05) is 19.6 Å². The molecule has 0 saturated carbocycles. The second-order valence-electron chi connectivity index (χ2n) is 6.48. The molecule has 1 fully saturated rings. The van der Waals surface area contributed by atoms with Gasteiger partial charge in [0, 0.05) is 19.1 Å². The summed E-state index contributed by atoms with van der Waals surface area (Å²) >= 11 is 0. The van der Waals surface area contributed by atoms with Gasteiger partial charge in [0.25, 0.3) is 0 Å². The van der Waals surface area contributed by atoms with Crippen LogP contribution >= 0.6 is 0 Å². The third-order valence-electron chi connectivity index (χ3n) is 5.04. The Morgan fingerprint density at radius 2 is 2.04 bits per heavy atom. The van der Waals surface area contributed by atoms with E-state index in [9.17, 15) is 4.79 Å². The minimum atomic E-state index is -0.225. The van der Waals surface area contributed by atoms with Gasteiger partial charge in [0.05, 0.1) is 6.54 Å². The van der Waals surface area contributed by atoms with Crippen molar-refractivity contribution in [1.82, 2.24) is 24.6 Å². The molecule has 0 aliphatic carbocycles. The number of hydrogen-bond acceptors (Lipinski definition) is 4. The van der Waals surface area contributed by atoms with Crippen molar-refractivity contribution in [1.29, 1.82) is 0 Å². The maximum atomic E-state index is 13.3. The van der Waals surface area contributed by atoms with Crippen molar-refractivity contribution in [3.8, 4) is 0 Å². The first-order valence-corrected chi connectivity index (χ1v) is 9.16. The van der Waals surface area contributed by atoms with Gasteiger partial charge in [-0.3, -0.25) is 14.4 Å². The number of likely N-dealkylation sites (tertiary alicyclic amines) is 1. The van der Waals surface area contributed by atoms with Crippen LogP contribution in [0.2, 0.25) is 0 Å². The Morgan fingerprint density at radius 3 is 2.68 bits per heavy atom. The summed E-state index contributed by atoms with van der Waals surface area (Å²) in [5.74, 6) is 0.196. The molecule has 1 amide bonds. The molecule has 1 aromatic heterocycles. The highest BCUT2D eigenvalue weighted by Gasteiger charge is 2.37. The fourth-order valence-electron chi connectivity index (χ4n) is 3.76. The summed E-state index contributed by atoms with van der Waals surface area (Å²) in [7, 11) is 0. The molecule has 1 aliphatic heterocycles. The van der Waals surface area contributed by atoms with Gasteiger partial charge < -0.3 is 4.90 Å². The van der Waals surface area contributed by atoms with Crippen molar-refractivity contribution in [3.63, 3.8) is 0 Å². The Morgan fingerprint density at radius 1 is 1.28 bits per heavy atom. The number of carbonyl (C=O) groups is 1. The number of nitrogens with zero attached hydrogens (tertiary/aromatic N) is 5. The molecule has 6 heteroatoms. The molecule has 0 N–H and O–H groups in total. The van der Waals surface area contributed by atoms with E-state index in [-0.39, 0.29) is 11.9 Å². The Balaban J connectivity index is 1.88. The van der Waals surface area contributed by atoms with Gasteiger partial charge in [-0.25, -0.2) is 4.98 Å². The predicted molar refractivity (Wildman–Crippen MR) is 96.9 cm³/mol. The van der Waals surface area contributed by atoms with Crippen LogP contribution in [0.1, 0.15) is 38.3 Å². The zero-order chi connectivity index (χ0) is 17.6. The van der Waals surface area contributed by atoms with Crippen LogP contribution in [0.15, 0.2) is 43.0 Å². The third kappa shape index (κ3) is 3.90. The summed E-state index contributed by atoms with van der Waals surface area (Å²) in [4.78, 5) is 21.6.